The van der Waals surface area contributed by atoms with Crippen molar-refractivity contribution in [3.8, 4) is 5.75 Å². The summed E-state index contributed by atoms with van der Waals surface area (Å²) in [5.41, 5.74) is 0.892. The second-order valence-corrected chi connectivity index (χ2v) is 3.50. The molecule has 4 heteroatoms. The maximum absolute atomic E-state index is 10.7. The van der Waals surface area contributed by atoms with Gasteiger partial charge in [0.2, 0.25) is 0 Å². The van der Waals surface area contributed by atoms with Gasteiger partial charge in [-0.1, -0.05) is 12.1 Å². The second-order valence-electron chi connectivity index (χ2n) is 3.50. The molecular formula is C10H11NO3. The summed E-state index contributed by atoms with van der Waals surface area (Å²) in [6.45, 7) is 1.82. The molecule has 1 aliphatic rings. The van der Waals surface area contributed by atoms with Gasteiger partial charge in [0.25, 0.3) is 0 Å². The molecule has 14 heavy (non-hydrogen) atoms. The van der Waals surface area contributed by atoms with E-state index < -0.39 is 4.92 Å². The molecule has 4 nitrogen and oxygen atoms in total. The molecule has 0 atom stereocenters. The van der Waals surface area contributed by atoms with E-state index >= 15 is 0 Å². The third-order valence-corrected chi connectivity index (χ3v) is 2.20. The summed E-state index contributed by atoms with van der Waals surface area (Å²) in [6.07, 6.45) is 2.20. The first-order valence-electron chi connectivity index (χ1n) is 4.59. The average molecular weight is 193 g/mol. The minimum absolute atomic E-state index is 0.0666. The Morgan fingerprint density at radius 1 is 1.50 bits per heavy atom. The van der Waals surface area contributed by atoms with E-state index in [-0.39, 0.29) is 11.8 Å². The van der Waals surface area contributed by atoms with E-state index in [4.69, 9.17) is 4.74 Å². The minimum atomic E-state index is -0.398. The van der Waals surface area contributed by atoms with Crippen molar-refractivity contribution >= 4 is 5.69 Å². The van der Waals surface area contributed by atoms with Gasteiger partial charge in [0.1, 0.15) is 0 Å². The van der Waals surface area contributed by atoms with Crippen molar-refractivity contribution < 1.29 is 9.66 Å². The zero-order valence-corrected chi connectivity index (χ0v) is 7.90. The van der Waals surface area contributed by atoms with Crippen molar-refractivity contribution in [2.75, 3.05) is 0 Å². The lowest BCUT2D eigenvalue weighted by Gasteiger charge is -2.07. The number of ether oxygens (including phenoxy) is 1. The van der Waals surface area contributed by atoms with Crippen LogP contribution in [0.25, 0.3) is 0 Å². The molecule has 2 rings (SSSR count). The van der Waals surface area contributed by atoms with Gasteiger partial charge < -0.3 is 4.74 Å². The van der Waals surface area contributed by atoms with Crippen LogP contribution in [0.2, 0.25) is 0 Å². The van der Waals surface area contributed by atoms with Crippen LogP contribution in [0.15, 0.2) is 18.2 Å². The first-order chi connectivity index (χ1) is 6.68. The van der Waals surface area contributed by atoms with E-state index in [0.29, 0.717) is 5.75 Å². The van der Waals surface area contributed by atoms with Gasteiger partial charge in [-0.2, -0.15) is 0 Å². The van der Waals surface area contributed by atoms with Gasteiger partial charge >= 0.3 is 5.69 Å². The summed E-state index contributed by atoms with van der Waals surface area (Å²) >= 11 is 0. The van der Waals surface area contributed by atoms with E-state index in [2.05, 4.69) is 0 Å². The van der Waals surface area contributed by atoms with E-state index in [1.54, 1.807) is 6.07 Å². The molecule has 74 valence electrons. The van der Waals surface area contributed by atoms with E-state index in [9.17, 15) is 10.1 Å². The zero-order valence-electron chi connectivity index (χ0n) is 7.90. The van der Waals surface area contributed by atoms with Crippen LogP contribution in [0, 0.1) is 17.0 Å². The third kappa shape index (κ3) is 1.69. The molecule has 0 saturated heterocycles. The predicted molar refractivity (Wildman–Crippen MR) is 51.5 cm³/mol. The first-order valence-corrected chi connectivity index (χ1v) is 4.59. The number of benzene rings is 1. The summed E-state index contributed by atoms with van der Waals surface area (Å²) in [5, 5.41) is 10.7. The number of hydrogen-bond acceptors (Lipinski definition) is 3. The molecule has 1 fully saturated rings. The molecule has 0 N–H and O–H groups in total. The molecule has 0 aromatic heterocycles. The molecule has 0 heterocycles. The maximum Gasteiger partial charge on any atom is 0.311 e. The van der Waals surface area contributed by atoms with E-state index in [0.717, 1.165) is 18.4 Å². The van der Waals surface area contributed by atoms with Gasteiger partial charge in [-0.15, -0.1) is 0 Å². The Balaban J connectivity index is 2.36. The van der Waals surface area contributed by atoms with Crippen LogP contribution in [0.3, 0.4) is 0 Å². The minimum Gasteiger partial charge on any atom is -0.483 e. The van der Waals surface area contributed by atoms with Crippen LogP contribution in [0.5, 0.6) is 5.75 Å². The number of rotatable bonds is 3. The Morgan fingerprint density at radius 3 is 2.79 bits per heavy atom. The Hall–Kier alpha value is -1.58. The predicted octanol–water partition coefficient (Wildman–Crippen LogP) is 2.44. The lowest BCUT2D eigenvalue weighted by molar-refractivity contribution is -0.386. The van der Waals surface area contributed by atoms with Crippen LogP contribution in [0.1, 0.15) is 18.4 Å². The molecule has 0 spiro atoms. The number of nitro groups is 1. The summed E-state index contributed by atoms with van der Waals surface area (Å²) in [6, 6.07) is 4.97. The van der Waals surface area contributed by atoms with Crippen molar-refractivity contribution in [1.82, 2.24) is 0 Å². The lowest BCUT2D eigenvalue weighted by atomic mass is 10.2. The third-order valence-electron chi connectivity index (χ3n) is 2.20. The molecule has 1 aliphatic carbocycles. The van der Waals surface area contributed by atoms with Gasteiger partial charge in [0, 0.05) is 6.07 Å². The van der Waals surface area contributed by atoms with Crippen LogP contribution >= 0.6 is 0 Å². The van der Waals surface area contributed by atoms with Crippen LogP contribution in [-0.4, -0.2) is 11.0 Å². The summed E-state index contributed by atoms with van der Waals surface area (Å²) in [4.78, 5) is 10.3. The van der Waals surface area contributed by atoms with E-state index in [1.165, 1.54) is 6.07 Å². The topological polar surface area (TPSA) is 52.4 Å². The van der Waals surface area contributed by atoms with Crippen molar-refractivity contribution in [1.29, 1.82) is 0 Å². The van der Waals surface area contributed by atoms with Crippen molar-refractivity contribution in [3.63, 3.8) is 0 Å². The van der Waals surface area contributed by atoms with Gasteiger partial charge in [-0.05, 0) is 25.3 Å². The molecule has 1 aromatic rings. The molecular weight excluding hydrogens is 182 g/mol. The Bertz CT molecular complexity index is 372. The normalized spacial score (nSPS) is 15.2. The van der Waals surface area contributed by atoms with Crippen LogP contribution in [-0.2, 0) is 0 Å². The number of nitrogens with zero attached hydrogens (tertiary/aromatic N) is 1. The monoisotopic (exact) mass is 193 g/mol. The highest BCUT2D eigenvalue weighted by atomic mass is 16.6. The van der Waals surface area contributed by atoms with Crippen molar-refractivity contribution in [2.24, 2.45) is 0 Å². The highest BCUT2D eigenvalue weighted by Crippen LogP contribution is 2.35. The Morgan fingerprint density at radius 2 is 2.21 bits per heavy atom. The first kappa shape index (κ1) is 8.99. The summed E-state index contributed by atoms with van der Waals surface area (Å²) in [7, 11) is 0. The molecule has 0 bridgehead atoms. The average Bonchev–Trinajstić information content (AvgIpc) is 2.91. The number of para-hydroxylation sites is 1. The quantitative estimate of drug-likeness (QED) is 0.547. The summed E-state index contributed by atoms with van der Waals surface area (Å²) < 4.78 is 5.51. The summed E-state index contributed by atoms with van der Waals surface area (Å²) in [5.74, 6) is 0.431. The maximum atomic E-state index is 10.7. The van der Waals surface area contributed by atoms with Gasteiger partial charge in [0.05, 0.1) is 11.0 Å². The molecule has 0 amide bonds. The highest BCUT2D eigenvalue weighted by molar-refractivity contribution is 5.51. The number of nitro benzene ring substituents is 1. The highest BCUT2D eigenvalue weighted by Gasteiger charge is 2.28. The SMILES string of the molecule is Cc1cccc([N+](=O)[O-])c1OC1CC1. The molecule has 1 saturated carbocycles. The van der Waals surface area contributed by atoms with Crippen LogP contribution < -0.4 is 4.74 Å². The Labute approximate surface area is 81.7 Å². The standard InChI is InChI=1S/C10H11NO3/c1-7-3-2-4-9(11(12)13)10(7)14-8-5-6-8/h2-4,8H,5-6H2,1H3. The van der Waals surface area contributed by atoms with Gasteiger partial charge in [-0.25, -0.2) is 0 Å². The largest absolute Gasteiger partial charge is 0.483 e. The smallest absolute Gasteiger partial charge is 0.311 e. The molecule has 0 radical (unpaired) electrons. The molecule has 0 unspecified atom stereocenters. The zero-order chi connectivity index (χ0) is 10.1. The van der Waals surface area contributed by atoms with Crippen molar-refractivity contribution in [3.05, 3.63) is 33.9 Å². The second kappa shape index (κ2) is 3.29. The van der Waals surface area contributed by atoms with Crippen LogP contribution in [0.4, 0.5) is 5.69 Å². The lowest BCUT2D eigenvalue weighted by Crippen LogP contribution is -2.01. The van der Waals surface area contributed by atoms with Crippen molar-refractivity contribution in [2.45, 2.75) is 25.9 Å². The number of aryl methyl sites for hydroxylation is 1. The fraction of sp³-hybridized carbons (Fsp3) is 0.400. The fourth-order valence-corrected chi connectivity index (χ4v) is 1.29. The van der Waals surface area contributed by atoms with Gasteiger partial charge in [-0.3, -0.25) is 10.1 Å². The van der Waals surface area contributed by atoms with Gasteiger partial charge in [0.15, 0.2) is 5.75 Å². The fourth-order valence-electron chi connectivity index (χ4n) is 1.29. The molecule has 1 aromatic carbocycles. The Kier molecular flexibility index (Phi) is 2.11. The number of hydrogen-bond donors (Lipinski definition) is 0. The molecule has 0 aliphatic heterocycles. The van der Waals surface area contributed by atoms with E-state index in [1.807, 2.05) is 13.0 Å².